The minimum Gasteiger partial charge on any atom is -0.493 e. The number of ether oxygens (including phenoxy) is 1. The Labute approximate surface area is 122 Å². The first-order valence-electron chi connectivity index (χ1n) is 8.29. The van der Waals surface area contributed by atoms with Crippen molar-refractivity contribution >= 4 is 0 Å². The molecule has 1 unspecified atom stereocenters. The van der Waals surface area contributed by atoms with E-state index in [1.165, 1.54) is 62.5 Å². The summed E-state index contributed by atoms with van der Waals surface area (Å²) in [4.78, 5) is 0. The largest absolute Gasteiger partial charge is 0.493 e. The first-order valence-corrected chi connectivity index (χ1v) is 8.29. The van der Waals surface area contributed by atoms with Gasteiger partial charge in [-0.2, -0.15) is 0 Å². The van der Waals surface area contributed by atoms with Crippen LogP contribution in [0.3, 0.4) is 0 Å². The highest BCUT2D eigenvalue weighted by atomic mass is 16.5. The summed E-state index contributed by atoms with van der Waals surface area (Å²) in [5.41, 5.74) is 2.96. The Kier molecular flexibility index (Phi) is 4.62. The van der Waals surface area contributed by atoms with Crippen LogP contribution in [0.1, 0.15) is 62.1 Å². The predicted molar refractivity (Wildman–Crippen MR) is 83.3 cm³/mol. The van der Waals surface area contributed by atoms with Gasteiger partial charge >= 0.3 is 0 Å². The van der Waals surface area contributed by atoms with Gasteiger partial charge in [0.2, 0.25) is 0 Å². The van der Waals surface area contributed by atoms with Gasteiger partial charge in [-0.05, 0) is 68.3 Å². The number of rotatable bonds is 4. The van der Waals surface area contributed by atoms with Crippen molar-refractivity contribution < 1.29 is 4.74 Å². The van der Waals surface area contributed by atoms with Crippen LogP contribution in [0.25, 0.3) is 0 Å². The molecule has 110 valence electrons. The molecule has 0 spiro atoms. The molecular weight excluding hydrogens is 246 g/mol. The molecule has 2 aliphatic carbocycles. The zero-order valence-electron chi connectivity index (χ0n) is 12.7. The van der Waals surface area contributed by atoms with Crippen molar-refractivity contribution in [2.75, 3.05) is 13.7 Å². The third kappa shape index (κ3) is 3.17. The van der Waals surface area contributed by atoms with Gasteiger partial charge in [0.25, 0.3) is 0 Å². The highest BCUT2D eigenvalue weighted by molar-refractivity contribution is 5.39. The van der Waals surface area contributed by atoms with Gasteiger partial charge in [-0.15, -0.1) is 0 Å². The lowest BCUT2D eigenvalue weighted by Gasteiger charge is -2.26. The lowest BCUT2D eigenvalue weighted by molar-refractivity contribution is 0.208. The Bertz CT molecular complexity index is 437. The molecule has 2 nitrogen and oxygen atoms in total. The van der Waals surface area contributed by atoms with Crippen molar-refractivity contribution in [2.24, 2.45) is 5.92 Å². The summed E-state index contributed by atoms with van der Waals surface area (Å²) >= 11 is 0. The molecule has 1 fully saturated rings. The quantitative estimate of drug-likeness (QED) is 0.886. The lowest BCUT2D eigenvalue weighted by Crippen LogP contribution is -2.21. The van der Waals surface area contributed by atoms with Gasteiger partial charge in [0.05, 0.1) is 6.61 Å². The average molecular weight is 273 g/mol. The summed E-state index contributed by atoms with van der Waals surface area (Å²) in [7, 11) is 2.06. The van der Waals surface area contributed by atoms with Crippen LogP contribution in [0.2, 0.25) is 0 Å². The molecular formula is C18H27NO. The predicted octanol–water partition coefficient (Wildman–Crippen LogP) is 4.24. The van der Waals surface area contributed by atoms with Gasteiger partial charge in [0, 0.05) is 6.04 Å². The van der Waals surface area contributed by atoms with Crippen LogP contribution < -0.4 is 10.1 Å². The van der Waals surface area contributed by atoms with Crippen LogP contribution in [-0.4, -0.2) is 13.7 Å². The summed E-state index contributed by atoms with van der Waals surface area (Å²) in [6, 6.07) is 7.23. The molecule has 2 heteroatoms. The zero-order valence-corrected chi connectivity index (χ0v) is 12.7. The van der Waals surface area contributed by atoms with Crippen LogP contribution in [0.5, 0.6) is 5.75 Å². The summed E-state index contributed by atoms with van der Waals surface area (Å²) < 4.78 is 6.08. The third-order valence-electron chi connectivity index (χ3n) is 4.99. The third-order valence-corrected chi connectivity index (χ3v) is 4.99. The maximum atomic E-state index is 6.08. The Morgan fingerprint density at radius 1 is 1.10 bits per heavy atom. The van der Waals surface area contributed by atoms with Crippen molar-refractivity contribution in [2.45, 2.75) is 57.4 Å². The van der Waals surface area contributed by atoms with Crippen molar-refractivity contribution in [3.63, 3.8) is 0 Å². The second-order valence-electron chi connectivity index (χ2n) is 6.41. The van der Waals surface area contributed by atoms with Crippen molar-refractivity contribution in [1.82, 2.24) is 5.32 Å². The molecule has 0 saturated heterocycles. The van der Waals surface area contributed by atoms with Crippen LogP contribution in [-0.2, 0) is 6.42 Å². The molecule has 0 bridgehead atoms. The van der Waals surface area contributed by atoms with E-state index in [4.69, 9.17) is 4.74 Å². The summed E-state index contributed by atoms with van der Waals surface area (Å²) in [6.07, 6.45) is 10.7. The van der Waals surface area contributed by atoms with E-state index in [-0.39, 0.29) is 0 Å². The second-order valence-corrected chi connectivity index (χ2v) is 6.41. The van der Waals surface area contributed by atoms with Gasteiger partial charge in [-0.1, -0.05) is 25.3 Å². The van der Waals surface area contributed by atoms with Gasteiger partial charge < -0.3 is 10.1 Å². The Morgan fingerprint density at radius 3 is 2.75 bits per heavy atom. The smallest absolute Gasteiger partial charge is 0.119 e. The maximum Gasteiger partial charge on any atom is 0.119 e. The van der Waals surface area contributed by atoms with Crippen LogP contribution in [0, 0.1) is 5.92 Å². The Balaban J connectivity index is 1.65. The molecule has 1 atom stereocenters. The standard InChI is InChI=1S/C18H27NO/c1-19-18-9-5-8-15-10-11-16(12-17(15)18)20-13-14-6-3-2-4-7-14/h10-12,14,18-19H,2-9,13H2,1H3. The van der Waals surface area contributed by atoms with Crippen molar-refractivity contribution in [3.05, 3.63) is 29.3 Å². The van der Waals surface area contributed by atoms with E-state index >= 15 is 0 Å². The van der Waals surface area contributed by atoms with E-state index in [1.807, 2.05) is 0 Å². The molecule has 0 heterocycles. The number of fused-ring (bicyclic) bond motifs is 1. The van der Waals surface area contributed by atoms with Gasteiger partial charge in [0.15, 0.2) is 0 Å². The molecule has 2 aliphatic rings. The fraction of sp³-hybridized carbons (Fsp3) is 0.667. The molecule has 0 amide bonds. The van der Waals surface area contributed by atoms with E-state index in [2.05, 4.69) is 30.6 Å². The van der Waals surface area contributed by atoms with E-state index in [0.29, 0.717) is 6.04 Å². The summed E-state index contributed by atoms with van der Waals surface area (Å²) in [5.74, 6) is 1.84. The molecule has 1 aromatic rings. The zero-order chi connectivity index (χ0) is 13.8. The van der Waals surface area contributed by atoms with Crippen LogP contribution in [0.15, 0.2) is 18.2 Å². The SMILES string of the molecule is CNC1CCCc2ccc(OCC3CCCCC3)cc21. The number of hydrogen-bond donors (Lipinski definition) is 1. The van der Waals surface area contributed by atoms with E-state index in [1.54, 1.807) is 0 Å². The van der Waals surface area contributed by atoms with Crippen molar-refractivity contribution in [1.29, 1.82) is 0 Å². The van der Waals surface area contributed by atoms with E-state index in [0.717, 1.165) is 18.3 Å². The Hall–Kier alpha value is -1.02. The van der Waals surface area contributed by atoms with Crippen LogP contribution >= 0.6 is 0 Å². The van der Waals surface area contributed by atoms with Gasteiger partial charge in [-0.3, -0.25) is 0 Å². The maximum absolute atomic E-state index is 6.08. The number of benzene rings is 1. The Morgan fingerprint density at radius 2 is 1.95 bits per heavy atom. The monoisotopic (exact) mass is 273 g/mol. The minimum absolute atomic E-state index is 0.511. The first kappa shape index (κ1) is 13.9. The van der Waals surface area contributed by atoms with Gasteiger partial charge in [-0.25, -0.2) is 0 Å². The van der Waals surface area contributed by atoms with Crippen LogP contribution in [0.4, 0.5) is 0 Å². The topological polar surface area (TPSA) is 21.3 Å². The van der Waals surface area contributed by atoms with E-state index < -0.39 is 0 Å². The number of nitrogens with one attached hydrogen (secondary N) is 1. The van der Waals surface area contributed by atoms with Crippen molar-refractivity contribution in [3.8, 4) is 5.75 Å². The molecule has 0 aliphatic heterocycles. The average Bonchev–Trinajstić information content (AvgIpc) is 2.53. The van der Waals surface area contributed by atoms with E-state index in [9.17, 15) is 0 Å². The first-order chi connectivity index (χ1) is 9.86. The molecule has 20 heavy (non-hydrogen) atoms. The summed E-state index contributed by atoms with van der Waals surface area (Å²) in [6.45, 7) is 0.906. The van der Waals surface area contributed by atoms with Gasteiger partial charge in [0.1, 0.15) is 5.75 Å². The minimum atomic E-state index is 0.511. The molecule has 0 radical (unpaired) electrons. The fourth-order valence-corrected chi connectivity index (χ4v) is 3.73. The fourth-order valence-electron chi connectivity index (χ4n) is 3.73. The molecule has 0 aromatic heterocycles. The normalized spacial score (nSPS) is 23.4. The number of aryl methyl sites for hydroxylation is 1. The highest BCUT2D eigenvalue weighted by Gasteiger charge is 2.20. The molecule has 3 rings (SSSR count). The molecule has 1 aromatic carbocycles. The molecule has 1 N–H and O–H groups in total. The highest BCUT2D eigenvalue weighted by Crippen LogP contribution is 2.32. The summed E-state index contributed by atoms with van der Waals surface area (Å²) in [5, 5.41) is 3.44. The second kappa shape index (κ2) is 6.62. The number of hydrogen-bond acceptors (Lipinski definition) is 2. The lowest BCUT2D eigenvalue weighted by atomic mass is 9.87. The molecule has 1 saturated carbocycles.